The number of amides is 1. The number of carbonyl (C=O) groups is 1. The van der Waals surface area contributed by atoms with Gasteiger partial charge in [-0.15, -0.1) is 5.10 Å². The third kappa shape index (κ3) is 7.11. The van der Waals surface area contributed by atoms with Gasteiger partial charge in [0, 0.05) is 29.7 Å². The summed E-state index contributed by atoms with van der Waals surface area (Å²) in [6.07, 6.45) is -7.05. The van der Waals surface area contributed by atoms with Crippen LogP contribution in [0.15, 0.2) is 42.5 Å². The second-order valence-electron chi connectivity index (χ2n) is 11.2. The predicted octanol–water partition coefficient (Wildman–Crippen LogP) is 1.90. The number of carbonyl (C=O) groups excluding carboxylic acids is 1. The minimum absolute atomic E-state index is 0.0999. The molecule has 12 heteroatoms. The average molecular weight is 600 g/mol. The molecule has 6 N–H and O–H groups in total. The van der Waals surface area contributed by atoms with E-state index < -0.39 is 43.2 Å². The number of nitrogens with two attached hydrogens (primary N) is 1. The molecule has 2 aromatic carbocycles. The van der Waals surface area contributed by atoms with E-state index in [1.165, 1.54) is 12.7 Å². The molecule has 234 valence electrons. The van der Waals surface area contributed by atoms with Gasteiger partial charge in [-0.2, -0.15) is 0 Å². The van der Waals surface area contributed by atoms with Crippen LogP contribution in [0.3, 0.4) is 0 Å². The van der Waals surface area contributed by atoms with Gasteiger partial charge < -0.3 is 45.1 Å². The Labute approximate surface area is 250 Å². The number of rotatable bonds is 12. The number of primary amides is 1. The molecule has 0 spiro atoms. The number of nitrogens with zero attached hydrogens (tertiary/aromatic N) is 2. The Morgan fingerprint density at radius 1 is 1.05 bits per heavy atom. The molecular weight excluding hydrogens is 558 g/mol. The van der Waals surface area contributed by atoms with Gasteiger partial charge in [0.1, 0.15) is 35.9 Å². The highest BCUT2D eigenvalue weighted by Crippen LogP contribution is 2.39. The average Bonchev–Trinajstić information content (AvgIpc) is 3.34. The van der Waals surface area contributed by atoms with Crippen LogP contribution in [-0.4, -0.2) is 87.1 Å². The highest BCUT2D eigenvalue weighted by molar-refractivity contribution is 5.75. The van der Waals surface area contributed by atoms with Crippen molar-refractivity contribution in [2.45, 2.75) is 76.8 Å². The van der Waals surface area contributed by atoms with E-state index >= 15 is 0 Å². The summed E-state index contributed by atoms with van der Waals surface area (Å²) in [5.74, 6) is 0.760. The molecule has 0 bridgehead atoms. The fourth-order valence-corrected chi connectivity index (χ4v) is 4.99. The van der Waals surface area contributed by atoms with Gasteiger partial charge in [0.2, 0.25) is 12.2 Å². The van der Waals surface area contributed by atoms with Crippen LogP contribution in [0.25, 0.3) is 11.3 Å². The smallest absolute Gasteiger partial charge is 0.255 e. The molecule has 43 heavy (non-hydrogen) atoms. The monoisotopic (exact) mass is 599 g/mol. The van der Waals surface area contributed by atoms with E-state index in [4.69, 9.17) is 29.8 Å². The number of methoxy groups -OCH3 is 1. The van der Waals surface area contributed by atoms with Gasteiger partial charge in [-0.3, -0.25) is 9.48 Å². The molecule has 0 unspecified atom stereocenters. The van der Waals surface area contributed by atoms with Crippen molar-refractivity contribution in [3.05, 3.63) is 59.2 Å². The lowest BCUT2D eigenvalue weighted by atomic mass is 9.96. The third-order valence-corrected chi connectivity index (χ3v) is 7.39. The summed E-state index contributed by atoms with van der Waals surface area (Å²) in [5, 5.41) is 45.8. The van der Waals surface area contributed by atoms with Crippen molar-refractivity contribution in [3.63, 3.8) is 0 Å². The fraction of sp³-hybridized carbons (Fsp3) is 0.484. The first-order chi connectivity index (χ1) is 20.4. The Morgan fingerprint density at radius 3 is 2.33 bits per heavy atom. The fourth-order valence-electron chi connectivity index (χ4n) is 4.99. The SMILES string of the molecule is COc1cc(OCC(N)=O)ccc1Cc1c(O[C@@H]2O[C@H](CO)[C@@H](O)[C@H](O)[C@H]2O)nn(C(C)C)c1-c1ccc(C(C)C)cc1. The molecule has 0 saturated carbocycles. The first-order valence-electron chi connectivity index (χ1n) is 14.2. The number of benzene rings is 2. The first-order valence-corrected chi connectivity index (χ1v) is 14.2. The normalized spacial score (nSPS) is 22.2. The van der Waals surface area contributed by atoms with E-state index in [-0.39, 0.29) is 24.9 Å². The lowest BCUT2D eigenvalue weighted by molar-refractivity contribution is -0.278. The van der Waals surface area contributed by atoms with Crippen LogP contribution in [-0.2, 0) is 16.0 Å². The van der Waals surface area contributed by atoms with Crippen molar-refractivity contribution in [2.24, 2.45) is 5.73 Å². The van der Waals surface area contributed by atoms with Gasteiger partial charge in [-0.25, -0.2) is 0 Å². The summed E-state index contributed by atoms with van der Waals surface area (Å²) in [4.78, 5) is 11.2. The highest BCUT2D eigenvalue weighted by Gasteiger charge is 2.45. The molecule has 5 atom stereocenters. The molecule has 0 aliphatic carbocycles. The zero-order chi connectivity index (χ0) is 31.4. The molecule has 0 radical (unpaired) electrons. The summed E-state index contributed by atoms with van der Waals surface area (Å²) in [6, 6.07) is 13.2. The molecule has 1 aliphatic rings. The van der Waals surface area contributed by atoms with Gasteiger partial charge in [0.15, 0.2) is 6.61 Å². The molecule has 1 aliphatic heterocycles. The van der Waals surface area contributed by atoms with Crippen molar-refractivity contribution in [1.82, 2.24) is 9.78 Å². The zero-order valence-electron chi connectivity index (χ0n) is 25.0. The quantitative estimate of drug-likeness (QED) is 0.206. The van der Waals surface area contributed by atoms with Crippen LogP contribution in [0.5, 0.6) is 17.4 Å². The Bertz CT molecular complexity index is 1390. The van der Waals surface area contributed by atoms with E-state index in [1.54, 1.807) is 18.2 Å². The standard InChI is InChI=1S/C31H41N3O9/c1-16(2)18-6-8-19(9-7-18)26-22(12-20-10-11-21(13-23(20)40-5)41-15-25(32)36)30(33-34(26)17(3)4)43-31-29(39)28(38)27(37)24(14-35)42-31/h6-11,13,16-17,24,27-29,31,35,37-39H,12,14-15H2,1-5H3,(H2,32,36)/t24-,27-,28+,29-,31+/m1/s1. The topological polar surface area (TPSA) is 179 Å². The third-order valence-electron chi connectivity index (χ3n) is 7.39. The largest absolute Gasteiger partial charge is 0.496 e. The zero-order valence-corrected chi connectivity index (χ0v) is 25.0. The second kappa shape index (κ2) is 13.7. The Balaban J connectivity index is 1.82. The maximum atomic E-state index is 11.2. The number of hydrogen-bond donors (Lipinski definition) is 5. The number of aliphatic hydroxyl groups excluding tert-OH is 4. The minimum Gasteiger partial charge on any atom is -0.496 e. The van der Waals surface area contributed by atoms with Crippen molar-refractivity contribution in [3.8, 4) is 28.6 Å². The summed E-state index contributed by atoms with van der Waals surface area (Å²) in [6.45, 7) is 7.32. The van der Waals surface area contributed by atoms with Gasteiger partial charge in [0.25, 0.3) is 5.91 Å². The second-order valence-corrected chi connectivity index (χ2v) is 11.2. The molecule has 4 rings (SSSR count). The van der Waals surface area contributed by atoms with Gasteiger partial charge in [-0.05, 0) is 37.0 Å². The molecule has 2 heterocycles. The lowest BCUT2D eigenvalue weighted by Crippen LogP contribution is -2.60. The van der Waals surface area contributed by atoms with E-state index in [0.717, 1.165) is 16.8 Å². The summed E-state index contributed by atoms with van der Waals surface area (Å²) >= 11 is 0. The van der Waals surface area contributed by atoms with E-state index in [2.05, 4.69) is 26.0 Å². The van der Waals surface area contributed by atoms with Crippen LogP contribution >= 0.6 is 0 Å². The summed E-state index contributed by atoms with van der Waals surface area (Å²) in [5.41, 5.74) is 9.42. The molecule has 12 nitrogen and oxygen atoms in total. The van der Waals surface area contributed by atoms with Crippen molar-refractivity contribution >= 4 is 5.91 Å². The molecule has 1 fully saturated rings. The molecule has 1 saturated heterocycles. The number of hydrogen-bond acceptors (Lipinski definition) is 10. The van der Waals surface area contributed by atoms with Crippen LogP contribution in [0, 0.1) is 0 Å². The van der Waals surface area contributed by atoms with Crippen molar-refractivity contribution in [1.29, 1.82) is 0 Å². The van der Waals surface area contributed by atoms with Gasteiger partial charge >= 0.3 is 0 Å². The maximum absolute atomic E-state index is 11.2. The van der Waals surface area contributed by atoms with E-state index in [1.807, 2.05) is 30.7 Å². The van der Waals surface area contributed by atoms with Crippen LogP contribution in [0.4, 0.5) is 0 Å². The van der Waals surface area contributed by atoms with Crippen LogP contribution < -0.4 is 19.9 Å². The number of aliphatic hydroxyl groups is 4. The highest BCUT2D eigenvalue weighted by atomic mass is 16.7. The predicted molar refractivity (Wildman–Crippen MR) is 157 cm³/mol. The van der Waals surface area contributed by atoms with Gasteiger partial charge in [-0.1, -0.05) is 44.2 Å². The number of aromatic nitrogens is 2. The maximum Gasteiger partial charge on any atom is 0.255 e. The molecular formula is C31H41N3O9. The Hall–Kier alpha value is -3.68. The van der Waals surface area contributed by atoms with Crippen molar-refractivity contribution in [2.75, 3.05) is 20.3 Å². The summed E-state index contributed by atoms with van der Waals surface area (Å²) < 4.78 is 24.7. The minimum atomic E-state index is -1.61. The Morgan fingerprint density at radius 2 is 1.74 bits per heavy atom. The molecule has 3 aromatic rings. The number of ether oxygens (including phenoxy) is 4. The van der Waals surface area contributed by atoms with Crippen LogP contribution in [0.2, 0.25) is 0 Å². The lowest BCUT2D eigenvalue weighted by Gasteiger charge is -2.39. The first kappa shape index (κ1) is 32.2. The van der Waals surface area contributed by atoms with Gasteiger partial charge in [0.05, 0.1) is 19.4 Å². The van der Waals surface area contributed by atoms with E-state index in [9.17, 15) is 25.2 Å². The van der Waals surface area contributed by atoms with Crippen molar-refractivity contribution < 1.29 is 44.2 Å². The molecule has 1 amide bonds. The molecule has 1 aromatic heterocycles. The van der Waals surface area contributed by atoms with Crippen LogP contribution in [0.1, 0.15) is 56.3 Å². The summed E-state index contributed by atoms with van der Waals surface area (Å²) in [7, 11) is 1.52. The van der Waals surface area contributed by atoms with E-state index in [0.29, 0.717) is 23.0 Å². The Kier molecular flexibility index (Phi) is 10.3.